The lowest BCUT2D eigenvalue weighted by atomic mass is 10.1. The summed E-state index contributed by atoms with van der Waals surface area (Å²) in [6.45, 7) is 5.26. The van der Waals surface area contributed by atoms with Gasteiger partial charge >= 0.3 is 0 Å². The topological polar surface area (TPSA) is 55.6 Å². The number of halogens is 1. The molecule has 2 N–H and O–H groups in total. The Balaban J connectivity index is 2.28. The average Bonchev–Trinajstić information content (AvgIpc) is 2.40. The second-order valence-electron chi connectivity index (χ2n) is 4.90. The quantitative estimate of drug-likeness (QED) is 0.850. The molecule has 0 aliphatic carbocycles. The third-order valence-corrected chi connectivity index (χ3v) is 3.94. The van der Waals surface area contributed by atoms with Gasteiger partial charge in [-0.05, 0) is 31.5 Å². The highest BCUT2D eigenvalue weighted by atomic mass is 79.9. The Morgan fingerprint density at radius 2 is 2.32 bits per heavy atom. The Hall–Kier alpha value is -1.07. The van der Waals surface area contributed by atoms with Crippen molar-refractivity contribution >= 4 is 27.5 Å². The van der Waals surface area contributed by atoms with Crippen LogP contribution < -0.4 is 5.73 Å². The number of carbonyl (C=O) groups excluding carboxylic acids is 1. The molecule has 1 aromatic rings. The minimum absolute atomic E-state index is 0.0131. The van der Waals surface area contributed by atoms with Crippen molar-refractivity contribution < 1.29 is 9.53 Å². The Bertz CT molecular complexity index is 479. The number of nitrogens with two attached hydrogens (primary N) is 1. The van der Waals surface area contributed by atoms with E-state index in [4.69, 9.17) is 10.5 Å². The normalized spacial score (nSPS) is 23.4. The number of ether oxygens (including phenoxy) is 1. The van der Waals surface area contributed by atoms with Crippen LogP contribution in [-0.4, -0.2) is 36.1 Å². The fraction of sp³-hybridized carbons (Fsp3) is 0.500. The summed E-state index contributed by atoms with van der Waals surface area (Å²) in [5.41, 5.74) is 6.99. The number of hydrogen-bond acceptors (Lipinski definition) is 3. The van der Waals surface area contributed by atoms with Crippen LogP contribution in [0.1, 0.15) is 30.6 Å². The monoisotopic (exact) mass is 326 g/mol. The van der Waals surface area contributed by atoms with E-state index in [1.807, 2.05) is 17.9 Å². The zero-order valence-electron chi connectivity index (χ0n) is 11.2. The van der Waals surface area contributed by atoms with Crippen molar-refractivity contribution in [3.05, 3.63) is 28.2 Å². The minimum atomic E-state index is -0.0131. The molecule has 0 bridgehead atoms. The largest absolute Gasteiger partial charge is 0.398 e. The number of carbonyl (C=O) groups is 1. The minimum Gasteiger partial charge on any atom is -0.398 e. The molecule has 0 spiro atoms. The van der Waals surface area contributed by atoms with Crippen LogP contribution in [0.15, 0.2) is 22.7 Å². The Morgan fingerprint density at radius 1 is 1.58 bits per heavy atom. The highest BCUT2D eigenvalue weighted by Crippen LogP contribution is 2.23. The van der Waals surface area contributed by atoms with Crippen molar-refractivity contribution in [3.8, 4) is 0 Å². The van der Waals surface area contributed by atoms with Crippen molar-refractivity contribution in [1.82, 2.24) is 4.90 Å². The van der Waals surface area contributed by atoms with Crippen LogP contribution in [0.2, 0.25) is 0 Å². The van der Waals surface area contributed by atoms with E-state index in [1.165, 1.54) is 0 Å². The van der Waals surface area contributed by atoms with E-state index in [1.54, 1.807) is 12.1 Å². The van der Waals surface area contributed by atoms with Gasteiger partial charge in [0.15, 0.2) is 0 Å². The lowest BCUT2D eigenvalue weighted by Gasteiger charge is -2.38. The van der Waals surface area contributed by atoms with Gasteiger partial charge < -0.3 is 15.4 Å². The summed E-state index contributed by atoms with van der Waals surface area (Å²) in [4.78, 5) is 14.5. The van der Waals surface area contributed by atoms with Crippen molar-refractivity contribution in [2.45, 2.75) is 32.4 Å². The molecule has 0 aromatic heterocycles. The molecule has 0 radical (unpaired) electrons. The van der Waals surface area contributed by atoms with E-state index in [9.17, 15) is 4.79 Å². The number of benzene rings is 1. The molecule has 0 saturated carbocycles. The van der Waals surface area contributed by atoms with E-state index in [-0.39, 0.29) is 18.1 Å². The lowest BCUT2D eigenvalue weighted by Crippen LogP contribution is -2.51. The maximum atomic E-state index is 12.7. The molecule has 104 valence electrons. The predicted molar refractivity (Wildman–Crippen MR) is 79.1 cm³/mol. The zero-order chi connectivity index (χ0) is 14.0. The van der Waals surface area contributed by atoms with E-state index in [2.05, 4.69) is 22.9 Å². The molecule has 1 fully saturated rings. The van der Waals surface area contributed by atoms with Gasteiger partial charge in [-0.2, -0.15) is 0 Å². The van der Waals surface area contributed by atoms with Gasteiger partial charge in [-0.25, -0.2) is 0 Å². The fourth-order valence-electron chi connectivity index (χ4n) is 2.30. The number of rotatable bonds is 2. The molecular weight excluding hydrogens is 308 g/mol. The van der Waals surface area contributed by atoms with Crippen molar-refractivity contribution in [2.75, 3.05) is 18.9 Å². The summed E-state index contributed by atoms with van der Waals surface area (Å²) < 4.78 is 6.48. The second kappa shape index (κ2) is 5.92. The van der Waals surface area contributed by atoms with Crippen LogP contribution in [-0.2, 0) is 4.74 Å². The SMILES string of the molecule is CCC1COC(C)CN1C(=O)c1cc(Br)ccc1N. The molecule has 4 nitrogen and oxygen atoms in total. The Morgan fingerprint density at radius 3 is 3.00 bits per heavy atom. The van der Waals surface area contributed by atoms with Crippen LogP contribution in [0.3, 0.4) is 0 Å². The maximum absolute atomic E-state index is 12.7. The standard InChI is InChI=1S/C14H19BrN2O2/c1-3-11-8-19-9(2)7-17(11)14(18)12-6-10(15)4-5-13(12)16/h4-6,9,11H,3,7-8,16H2,1-2H3. The molecule has 1 saturated heterocycles. The summed E-state index contributed by atoms with van der Waals surface area (Å²) >= 11 is 3.38. The van der Waals surface area contributed by atoms with Crippen LogP contribution in [0.4, 0.5) is 5.69 Å². The van der Waals surface area contributed by atoms with Crippen molar-refractivity contribution in [1.29, 1.82) is 0 Å². The van der Waals surface area contributed by atoms with E-state index < -0.39 is 0 Å². The van der Waals surface area contributed by atoms with Crippen LogP contribution >= 0.6 is 15.9 Å². The van der Waals surface area contributed by atoms with Crippen LogP contribution in [0, 0.1) is 0 Å². The molecule has 1 aromatic carbocycles. The smallest absolute Gasteiger partial charge is 0.256 e. The summed E-state index contributed by atoms with van der Waals surface area (Å²) in [5, 5.41) is 0. The van der Waals surface area contributed by atoms with Gasteiger partial charge in [0, 0.05) is 16.7 Å². The number of nitrogens with zero attached hydrogens (tertiary/aromatic N) is 1. The predicted octanol–water partition coefficient (Wildman–Crippen LogP) is 2.67. The molecule has 1 heterocycles. The summed E-state index contributed by atoms with van der Waals surface area (Å²) in [6.07, 6.45) is 0.951. The van der Waals surface area contributed by atoms with Gasteiger partial charge in [-0.3, -0.25) is 4.79 Å². The highest BCUT2D eigenvalue weighted by molar-refractivity contribution is 9.10. The van der Waals surface area contributed by atoms with Gasteiger partial charge in [0.2, 0.25) is 0 Å². The highest BCUT2D eigenvalue weighted by Gasteiger charge is 2.30. The van der Waals surface area contributed by atoms with Crippen LogP contribution in [0.25, 0.3) is 0 Å². The number of nitrogen functional groups attached to an aromatic ring is 1. The van der Waals surface area contributed by atoms with E-state index in [0.717, 1.165) is 10.9 Å². The molecule has 5 heteroatoms. The third kappa shape index (κ3) is 3.09. The lowest BCUT2D eigenvalue weighted by molar-refractivity contribution is -0.0443. The summed E-state index contributed by atoms with van der Waals surface area (Å²) in [6, 6.07) is 5.50. The maximum Gasteiger partial charge on any atom is 0.256 e. The number of morpholine rings is 1. The number of anilines is 1. The van der Waals surface area contributed by atoms with Gasteiger partial charge in [-0.1, -0.05) is 22.9 Å². The summed E-state index contributed by atoms with van der Waals surface area (Å²) in [5.74, 6) is -0.0131. The molecule has 1 aliphatic heterocycles. The summed E-state index contributed by atoms with van der Waals surface area (Å²) in [7, 11) is 0. The third-order valence-electron chi connectivity index (χ3n) is 3.45. The molecular formula is C14H19BrN2O2. The molecule has 19 heavy (non-hydrogen) atoms. The average molecular weight is 327 g/mol. The van der Waals surface area contributed by atoms with Crippen LogP contribution in [0.5, 0.6) is 0 Å². The molecule has 1 amide bonds. The zero-order valence-corrected chi connectivity index (χ0v) is 12.8. The molecule has 2 unspecified atom stereocenters. The number of amides is 1. The Kier molecular flexibility index (Phi) is 4.47. The van der Waals surface area contributed by atoms with Gasteiger partial charge in [0.05, 0.1) is 24.3 Å². The van der Waals surface area contributed by atoms with E-state index in [0.29, 0.717) is 24.4 Å². The second-order valence-corrected chi connectivity index (χ2v) is 5.81. The first-order valence-corrected chi connectivity index (χ1v) is 7.29. The van der Waals surface area contributed by atoms with Crippen molar-refractivity contribution in [3.63, 3.8) is 0 Å². The van der Waals surface area contributed by atoms with Gasteiger partial charge in [0.1, 0.15) is 0 Å². The van der Waals surface area contributed by atoms with Gasteiger partial charge in [-0.15, -0.1) is 0 Å². The first-order valence-electron chi connectivity index (χ1n) is 6.50. The molecule has 2 rings (SSSR count). The first-order chi connectivity index (χ1) is 9.02. The fourth-order valence-corrected chi connectivity index (χ4v) is 2.66. The van der Waals surface area contributed by atoms with E-state index >= 15 is 0 Å². The van der Waals surface area contributed by atoms with Crippen molar-refractivity contribution in [2.24, 2.45) is 0 Å². The Labute approximate surface area is 122 Å². The van der Waals surface area contributed by atoms with Gasteiger partial charge in [0.25, 0.3) is 5.91 Å². The molecule has 2 atom stereocenters. The number of hydrogen-bond donors (Lipinski definition) is 1. The first kappa shape index (κ1) is 14.3. The molecule has 1 aliphatic rings.